The van der Waals surface area contributed by atoms with Crippen LogP contribution in [0.1, 0.15) is 33.4 Å². The second-order valence-corrected chi connectivity index (χ2v) is 20.9. The monoisotopic (exact) mass is 1030 g/mol. The second kappa shape index (κ2) is 19.1. The Hall–Kier alpha value is -9.70. The van der Waals surface area contributed by atoms with Gasteiger partial charge in [-0.2, -0.15) is 13.2 Å². The lowest BCUT2D eigenvalue weighted by molar-refractivity contribution is -0.137. The Labute approximate surface area is 457 Å². The van der Waals surface area contributed by atoms with Gasteiger partial charge in [0.1, 0.15) is 0 Å². The molecule has 380 valence electrons. The summed E-state index contributed by atoms with van der Waals surface area (Å²) in [5.74, 6) is 0. The number of hydrogen-bond acceptors (Lipinski definition) is 0. The largest absolute Gasteiger partial charge is 0.417 e. The Kier molecular flexibility index (Phi) is 11.8. The molecule has 0 amide bonds. The molecular weight excluding hydrogens is 976 g/mol. The maximum atomic E-state index is 15.5. The summed E-state index contributed by atoms with van der Waals surface area (Å²) >= 11 is 0. The molecule has 0 radical (unpaired) electrons. The van der Waals surface area contributed by atoms with Gasteiger partial charge in [-0.15, -0.1) is 0 Å². The van der Waals surface area contributed by atoms with Crippen molar-refractivity contribution in [3.8, 4) is 78.1 Å². The maximum Gasteiger partial charge on any atom is 0.417 e. The first-order chi connectivity index (χ1) is 38.3. The lowest BCUT2D eigenvalue weighted by Crippen LogP contribution is -2.09. The standard InChI is InChI=1S/C73H52F3N3/c1-44-16-7-11-21-55(44)49-26-33-67-61(38-49)62-39-50(56-22-12-8-17-45(56)2)27-34-68(62)78(67)54-31-32-59(72-48(5)20-15-25-66(72)73(74,75)76)60(43-54)65-42-53(77-6)30-37-71(65)79-69-35-28-51(57-23-13-9-18-46(57)3)40-63(69)64-41-52(29-36-70(64)79)58-24-14-10-19-47(58)4/h7-43H,1-5H3. The number of nitrogens with zero attached hydrogens (tertiary/aromatic N) is 3. The molecule has 13 rings (SSSR count). The highest BCUT2D eigenvalue weighted by Crippen LogP contribution is 2.48. The number of halogens is 3. The van der Waals surface area contributed by atoms with Crippen molar-refractivity contribution < 1.29 is 13.2 Å². The number of aryl methyl sites for hydroxylation is 5. The molecule has 0 atom stereocenters. The summed E-state index contributed by atoms with van der Waals surface area (Å²) in [6, 6.07) is 75.8. The van der Waals surface area contributed by atoms with E-state index in [-0.39, 0.29) is 5.56 Å². The summed E-state index contributed by atoms with van der Waals surface area (Å²) in [4.78, 5) is 3.98. The zero-order chi connectivity index (χ0) is 54.3. The molecule has 11 aromatic carbocycles. The fourth-order valence-corrected chi connectivity index (χ4v) is 12.2. The normalized spacial score (nSPS) is 11.8. The Bertz CT molecular complexity index is 4470. The van der Waals surface area contributed by atoms with Crippen LogP contribution in [0, 0.1) is 41.2 Å². The molecule has 0 aliphatic heterocycles. The molecule has 13 aromatic rings. The van der Waals surface area contributed by atoms with Crippen LogP contribution in [0.5, 0.6) is 0 Å². The third kappa shape index (κ3) is 8.29. The highest BCUT2D eigenvalue weighted by atomic mass is 19.4. The number of aromatic nitrogens is 2. The van der Waals surface area contributed by atoms with Crippen LogP contribution in [0.15, 0.2) is 224 Å². The zero-order valence-electron chi connectivity index (χ0n) is 44.3. The average Bonchev–Trinajstić information content (AvgIpc) is 4.22. The molecule has 0 aliphatic carbocycles. The Balaban J connectivity index is 1.12. The number of rotatable bonds is 8. The predicted molar refractivity (Wildman–Crippen MR) is 323 cm³/mol. The van der Waals surface area contributed by atoms with Gasteiger partial charge in [-0.25, -0.2) is 4.85 Å². The van der Waals surface area contributed by atoms with Crippen LogP contribution < -0.4 is 0 Å². The van der Waals surface area contributed by atoms with Crippen molar-refractivity contribution in [1.82, 2.24) is 9.13 Å². The number of benzene rings is 11. The minimum absolute atomic E-state index is 0.0941. The van der Waals surface area contributed by atoms with Crippen LogP contribution in [-0.2, 0) is 6.18 Å². The maximum absolute atomic E-state index is 15.5. The number of fused-ring (bicyclic) bond motifs is 6. The van der Waals surface area contributed by atoms with E-state index in [4.69, 9.17) is 6.57 Å². The minimum atomic E-state index is -4.66. The summed E-state index contributed by atoms with van der Waals surface area (Å²) in [5.41, 5.74) is 20.6. The Morgan fingerprint density at radius 3 is 1.15 bits per heavy atom. The molecular formula is C73H52F3N3. The highest BCUT2D eigenvalue weighted by Gasteiger charge is 2.35. The van der Waals surface area contributed by atoms with E-state index in [9.17, 15) is 0 Å². The van der Waals surface area contributed by atoms with E-state index in [0.717, 1.165) is 111 Å². The minimum Gasteiger partial charge on any atom is -0.309 e. The molecule has 0 unspecified atom stereocenters. The fourth-order valence-electron chi connectivity index (χ4n) is 12.2. The van der Waals surface area contributed by atoms with Gasteiger partial charge in [0.05, 0.1) is 39.9 Å². The van der Waals surface area contributed by atoms with Gasteiger partial charge in [-0.3, -0.25) is 0 Å². The molecule has 0 saturated heterocycles. The van der Waals surface area contributed by atoms with Gasteiger partial charge in [0.25, 0.3) is 0 Å². The van der Waals surface area contributed by atoms with Crippen LogP contribution >= 0.6 is 0 Å². The van der Waals surface area contributed by atoms with E-state index >= 15 is 13.2 Å². The summed E-state index contributed by atoms with van der Waals surface area (Å²) in [6.45, 7) is 18.7. The van der Waals surface area contributed by atoms with Gasteiger partial charge in [-0.05, 0) is 208 Å². The van der Waals surface area contributed by atoms with E-state index < -0.39 is 11.7 Å². The van der Waals surface area contributed by atoms with Crippen molar-refractivity contribution in [2.24, 2.45) is 0 Å². The zero-order valence-corrected chi connectivity index (χ0v) is 44.3. The Morgan fingerprint density at radius 2 is 0.747 bits per heavy atom. The van der Waals surface area contributed by atoms with E-state index in [0.29, 0.717) is 27.9 Å². The predicted octanol–water partition coefficient (Wildman–Crippen LogP) is 21.0. The molecule has 0 fully saturated rings. The van der Waals surface area contributed by atoms with Gasteiger partial charge in [0.15, 0.2) is 5.69 Å². The van der Waals surface area contributed by atoms with Crippen LogP contribution in [0.2, 0.25) is 0 Å². The summed E-state index contributed by atoms with van der Waals surface area (Å²) in [6.07, 6.45) is -4.66. The molecule has 0 spiro atoms. The molecule has 6 heteroatoms. The van der Waals surface area contributed by atoms with Crippen LogP contribution in [0.3, 0.4) is 0 Å². The first kappa shape index (κ1) is 48.9. The van der Waals surface area contributed by atoms with Crippen molar-refractivity contribution >= 4 is 49.3 Å². The first-order valence-corrected chi connectivity index (χ1v) is 26.6. The van der Waals surface area contributed by atoms with Crippen molar-refractivity contribution in [1.29, 1.82) is 0 Å². The smallest absolute Gasteiger partial charge is 0.309 e. The topological polar surface area (TPSA) is 14.2 Å². The van der Waals surface area contributed by atoms with Gasteiger partial charge in [0.2, 0.25) is 0 Å². The summed E-state index contributed by atoms with van der Waals surface area (Å²) in [5, 5.41) is 4.15. The first-order valence-electron chi connectivity index (χ1n) is 26.6. The lowest BCUT2D eigenvalue weighted by Gasteiger charge is -2.22. The number of alkyl halides is 3. The van der Waals surface area contributed by atoms with Gasteiger partial charge < -0.3 is 9.13 Å². The molecule has 2 aromatic heterocycles. The van der Waals surface area contributed by atoms with E-state index in [2.05, 4.69) is 212 Å². The molecule has 3 nitrogen and oxygen atoms in total. The van der Waals surface area contributed by atoms with Crippen molar-refractivity contribution in [3.05, 3.63) is 269 Å². The molecule has 79 heavy (non-hydrogen) atoms. The molecule has 0 N–H and O–H groups in total. The molecule has 0 aliphatic rings. The SMILES string of the molecule is [C-]#[N+]c1ccc(-n2c3ccc(-c4ccccc4C)cc3c3cc(-c4ccccc4C)ccc32)c(-c2cc(-n3c4ccc(-c5ccccc5C)cc4c4cc(-c5ccccc5C)ccc43)ccc2-c2c(C)cccc2C(F)(F)F)c1. The van der Waals surface area contributed by atoms with Crippen LogP contribution in [0.4, 0.5) is 18.9 Å². The Morgan fingerprint density at radius 1 is 0.342 bits per heavy atom. The highest BCUT2D eigenvalue weighted by molar-refractivity contribution is 6.14. The average molecular weight is 1030 g/mol. The van der Waals surface area contributed by atoms with E-state index in [1.807, 2.05) is 36.4 Å². The molecule has 2 heterocycles. The van der Waals surface area contributed by atoms with Gasteiger partial charge >= 0.3 is 6.18 Å². The summed E-state index contributed by atoms with van der Waals surface area (Å²) < 4.78 is 51.1. The molecule has 0 bridgehead atoms. The fraction of sp³-hybridized carbons (Fsp3) is 0.0822. The lowest BCUT2D eigenvalue weighted by atomic mass is 9.87. The van der Waals surface area contributed by atoms with Crippen molar-refractivity contribution in [3.63, 3.8) is 0 Å². The third-order valence-electron chi connectivity index (χ3n) is 16.1. The quantitative estimate of drug-likeness (QED) is 0.135. The molecule has 0 saturated carbocycles. The van der Waals surface area contributed by atoms with Gasteiger partial charge in [-0.1, -0.05) is 146 Å². The van der Waals surface area contributed by atoms with Gasteiger partial charge in [0, 0.05) is 27.2 Å². The van der Waals surface area contributed by atoms with E-state index in [1.54, 1.807) is 13.0 Å². The summed E-state index contributed by atoms with van der Waals surface area (Å²) in [7, 11) is 0. The van der Waals surface area contributed by atoms with Crippen molar-refractivity contribution in [2.75, 3.05) is 0 Å². The van der Waals surface area contributed by atoms with Crippen molar-refractivity contribution in [2.45, 2.75) is 40.8 Å². The third-order valence-corrected chi connectivity index (χ3v) is 16.1. The van der Waals surface area contributed by atoms with Crippen LogP contribution in [0.25, 0.3) is 127 Å². The van der Waals surface area contributed by atoms with Crippen LogP contribution in [-0.4, -0.2) is 9.13 Å². The number of hydrogen-bond donors (Lipinski definition) is 0. The second-order valence-electron chi connectivity index (χ2n) is 20.9. The van der Waals surface area contributed by atoms with E-state index in [1.165, 1.54) is 23.3 Å².